The van der Waals surface area contributed by atoms with Gasteiger partial charge in [-0.25, -0.2) is 9.97 Å². The van der Waals surface area contributed by atoms with E-state index in [1.165, 1.54) is 0 Å². The van der Waals surface area contributed by atoms with Gasteiger partial charge in [0.1, 0.15) is 18.2 Å². The van der Waals surface area contributed by atoms with Crippen LogP contribution in [0.25, 0.3) is 0 Å². The maximum Gasteiger partial charge on any atom is 0.170 e. The Morgan fingerprint density at radius 2 is 2.00 bits per heavy atom. The number of aromatic nitrogens is 2. The molecule has 7 nitrogen and oxygen atoms in total. The Balaban J connectivity index is 1.72. The van der Waals surface area contributed by atoms with Crippen LogP contribution in [0.15, 0.2) is 35.5 Å². The third kappa shape index (κ3) is 5.72. The third-order valence-electron chi connectivity index (χ3n) is 4.83. The Morgan fingerprint density at radius 1 is 1.29 bits per heavy atom. The second-order valence-corrected chi connectivity index (χ2v) is 6.93. The van der Waals surface area contributed by atoms with E-state index in [0.717, 1.165) is 43.0 Å². The molecule has 28 heavy (non-hydrogen) atoms. The zero-order valence-corrected chi connectivity index (χ0v) is 16.4. The first-order valence-corrected chi connectivity index (χ1v) is 9.67. The van der Waals surface area contributed by atoms with Gasteiger partial charge in [-0.2, -0.15) is 0 Å². The van der Waals surface area contributed by atoms with E-state index in [1.54, 1.807) is 6.33 Å². The molecule has 2 aliphatic rings. The van der Waals surface area contributed by atoms with Crippen molar-refractivity contribution in [3.8, 4) is 12.3 Å². The van der Waals surface area contributed by atoms with Gasteiger partial charge < -0.3 is 24.8 Å². The van der Waals surface area contributed by atoms with Crippen LogP contribution in [-0.4, -0.2) is 55.6 Å². The molecule has 0 atom stereocenters. The van der Waals surface area contributed by atoms with E-state index in [4.69, 9.17) is 26.4 Å². The minimum absolute atomic E-state index is 0.0855. The Morgan fingerprint density at radius 3 is 2.68 bits per heavy atom. The maximum absolute atomic E-state index is 6.12. The molecule has 7 heteroatoms. The van der Waals surface area contributed by atoms with Crippen molar-refractivity contribution in [2.75, 3.05) is 44.4 Å². The molecular weight excluding hydrogens is 356 g/mol. The fraction of sp³-hybridized carbons (Fsp3) is 0.524. The first kappa shape index (κ1) is 20.2. The molecule has 0 amide bonds. The number of morpholine rings is 1. The number of hydrogen-bond donors (Lipinski definition) is 1. The normalized spacial score (nSPS) is 19.7. The summed E-state index contributed by atoms with van der Waals surface area (Å²) >= 11 is 0. The van der Waals surface area contributed by atoms with Crippen molar-refractivity contribution in [3.05, 3.63) is 41.2 Å². The lowest BCUT2D eigenvalue weighted by Crippen LogP contribution is -2.36. The standard InChI is InChI=1S/C21H28N4O3/c1-3-19(28-20-4-8-26-9-5-20)13-17(16(2)22)12-18-14-21(24-15-23-18)25-6-10-27-11-7-25/h1,13-15,20H,4-12,22H2,2H3/b17-16+,19-13+. The monoisotopic (exact) mass is 384 g/mol. The lowest BCUT2D eigenvalue weighted by Gasteiger charge is -2.27. The van der Waals surface area contributed by atoms with Crippen molar-refractivity contribution in [1.29, 1.82) is 0 Å². The molecule has 0 radical (unpaired) electrons. The van der Waals surface area contributed by atoms with Gasteiger partial charge in [0.05, 0.1) is 32.1 Å². The molecule has 0 aromatic carbocycles. The lowest BCUT2D eigenvalue weighted by atomic mass is 10.1. The minimum Gasteiger partial charge on any atom is -0.482 e. The molecule has 0 saturated carbocycles. The van der Waals surface area contributed by atoms with Gasteiger partial charge in [-0.3, -0.25) is 0 Å². The van der Waals surface area contributed by atoms with E-state index in [0.29, 0.717) is 44.3 Å². The minimum atomic E-state index is 0.0855. The number of nitrogens with two attached hydrogens (primary N) is 1. The van der Waals surface area contributed by atoms with Crippen LogP contribution in [0.1, 0.15) is 25.5 Å². The number of nitrogens with zero attached hydrogens (tertiary/aromatic N) is 3. The maximum atomic E-state index is 6.12. The molecule has 2 N–H and O–H groups in total. The van der Waals surface area contributed by atoms with E-state index in [9.17, 15) is 0 Å². The number of anilines is 1. The molecule has 2 aliphatic heterocycles. The summed E-state index contributed by atoms with van der Waals surface area (Å²) in [5, 5.41) is 0. The highest BCUT2D eigenvalue weighted by Crippen LogP contribution is 2.19. The summed E-state index contributed by atoms with van der Waals surface area (Å²) in [4.78, 5) is 11.0. The Labute approximate surface area is 166 Å². The highest BCUT2D eigenvalue weighted by atomic mass is 16.5. The number of rotatable bonds is 6. The first-order chi connectivity index (χ1) is 13.7. The molecule has 0 aliphatic carbocycles. The predicted molar refractivity (Wildman–Crippen MR) is 107 cm³/mol. The summed E-state index contributed by atoms with van der Waals surface area (Å²) in [6.07, 6.45) is 11.4. The molecule has 3 heterocycles. The van der Waals surface area contributed by atoms with Crippen LogP contribution in [0, 0.1) is 12.3 Å². The average molecular weight is 384 g/mol. The van der Waals surface area contributed by atoms with Gasteiger partial charge in [-0.15, -0.1) is 6.42 Å². The topological polar surface area (TPSA) is 82.7 Å². The van der Waals surface area contributed by atoms with Gasteiger partial charge in [0, 0.05) is 44.1 Å². The second-order valence-electron chi connectivity index (χ2n) is 6.93. The highest BCUT2D eigenvalue weighted by molar-refractivity contribution is 5.42. The Kier molecular flexibility index (Phi) is 7.29. The first-order valence-electron chi connectivity index (χ1n) is 9.67. The van der Waals surface area contributed by atoms with E-state index < -0.39 is 0 Å². The predicted octanol–water partition coefficient (Wildman–Crippen LogP) is 1.80. The molecule has 3 rings (SSSR count). The molecule has 1 aromatic heterocycles. The summed E-state index contributed by atoms with van der Waals surface area (Å²) < 4.78 is 16.8. The fourth-order valence-corrected chi connectivity index (χ4v) is 3.19. The van der Waals surface area contributed by atoms with Crippen molar-refractivity contribution in [3.63, 3.8) is 0 Å². The SMILES string of the molecule is C#C/C(=C\C(Cc1cc(N2CCOCC2)ncn1)=C(/C)N)OC1CCOCC1. The second kappa shape index (κ2) is 10.1. The van der Waals surface area contributed by atoms with E-state index in [2.05, 4.69) is 20.8 Å². The zero-order valence-electron chi connectivity index (χ0n) is 16.4. The molecule has 150 valence electrons. The van der Waals surface area contributed by atoms with Crippen LogP contribution in [0.3, 0.4) is 0 Å². The van der Waals surface area contributed by atoms with Gasteiger partial charge >= 0.3 is 0 Å². The third-order valence-corrected chi connectivity index (χ3v) is 4.83. The fourth-order valence-electron chi connectivity index (χ4n) is 3.19. The largest absolute Gasteiger partial charge is 0.482 e. The number of hydrogen-bond acceptors (Lipinski definition) is 7. The van der Waals surface area contributed by atoms with E-state index in [1.807, 2.05) is 19.1 Å². The van der Waals surface area contributed by atoms with Crippen LogP contribution in [0.2, 0.25) is 0 Å². The summed E-state index contributed by atoms with van der Waals surface area (Å²) in [6, 6.07) is 2.00. The number of allylic oxidation sites excluding steroid dienone is 4. The lowest BCUT2D eigenvalue weighted by molar-refractivity contribution is 0.000172. The van der Waals surface area contributed by atoms with Crippen LogP contribution in [0.5, 0.6) is 0 Å². The van der Waals surface area contributed by atoms with Gasteiger partial charge in [-0.05, 0) is 24.5 Å². The van der Waals surface area contributed by atoms with Crippen molar-refractivity contribution in [2.24, 2.45) is 5.73 Å². The summed E-state index contributed by atoms with van der Waals surface area (Å²) in [7, 11) is 0. The molecule has 2 saturated heterocycles. The van der Waals surface area contributed by atoms with Crippen LogP contribution < -0.4 is 10.6 Å². The van der Waals surface area contributed by atoms with Gasteiger partial charge in [0.2, 0.25) is 0 Å². The summed E-state index contributed by atoms with van der Waals surface area (Å²) in [5.41, 5.74) is 8.59. The summed E-state index contributed by atoms with van der Waals surface area (Å²) in [5.74, 6) is 4.04. The van der Waals surface area contributed by atoms with E-state index in [-0.39, 0.29) is 6.10 Å². The molecule has 1 aromatic rings. The van der Waals surface area contributed by atoms with Crippen molar-refractivity contribution in [1.82, 2.24) is 9.97 Å². The highest BCUT2D eigenvalue weighted by Gasteiger charge is 2.17. The van der Waals surface area contributed by atoms with Crippen molar-refractivity contribution < 1.29 is 14.2 Å². The van der Waals surface area contributed by atoms with Crippen LogP contribution >= 0.6 is 0 Å². The Bertz CT molecular complexity index is 753. The molecule has 0 unspecified atom stereocenters. The van der Waals surface area contributed by atoms with Gasteiger partial charge in [0.15, 0.2) is 5.76 Å². The molecule has 0 spiro atoms. The molecule has 2 fully saturated rings. The van der Waals surface area contributed by atoms with Crippen LogP contribution in [-0.2, 0) is 20.6 Å². The zero-order chi connectivity index (χ0) is 19.8. The quantitative estimate of drug-likeness (QED) is 0.455. The number of terminal acetylenes is 1. The summed E-state index contributed by atoms with van der Waals surface area (Å²) in [6.45, 7) is 6.34. The van der Waals surface area contributed by atoms with Crippen LogP contribution in [0.4, 0.5) is 5.82 Å². The average Bonchev–Trinajstić information content (AvgIpc) is 2.74. The van der Waals surface area contributed by atoms with Crippen molar-refractivity contribution in [2.45, 2.75) is 32.3 Å². The van der Waals surface area contributed by atoms with Crippen molar-refractivity contribution >= 4 is 5.82 Å². The van der Waals surface area contributed by atoms with E-state index >= 15 is 0 Å². The molecular formula is C21H28N4O3. The smallest absolute Gasteiger partial charge is 0.170 e. The molecule has 0 bridgehead atoms. The Hall–Kier alpha value is -2.56. The van der Waals surface area contributed by atoms with Gasteiger partial charge in [-0.1, -0.05) is 0 Å². The van der Waals surface area contributed by atoms with Gasteiger partial charge in [0.25, 0.3) is 0 Å². The number of ether oxygens (including phenoxy) is 3.